The summed E-state index contributed by atoms with van der Waals surface area (Å²) in [5, 5.41) is 3.19. The van der Waals surface area contributed by atoms with Crippen LogP contribution in [0.5, 0.6) is 0 Å². The van der Waals surface area contributed by atoms with Crippen molar-refractivity contribution in [3.05, 3.63) is 35.4 Å². The Bertz CT molecular complexity index is 336. The van der Waals surface area contributed by atoms with E-state index in [1.807, 2.05) is 7.05 Å². The van der Waals surface area contributed by atoms with Gasteiger partial charge in [0.2, 0.25) is 0 Å². The van der Waals surface area contributed by atoms with E-state index in [1.165, 1.54) is 11.1 Å². The number of rotatable bonds is 8. The van der Waals surface area contributed by atoms with Crippen LogP contribution in [0.4, 0.5) is 0 Å². The van der Waals surface area contributed by atoms with Crippen molar-refractivity contribution in [1.82, 2.24) is 5.32 Å². The lowest BCUT2D eigenvalue weighted by atomic mass is 10.0. The van der Waals surface area contributed by atoms with Crippen LogP contribution in [0.25, 0.3) is 0 Å². The van der Waals surface area contributed by atoms with Gasteiger partial charge in [0.15, 0.2) is 0 Å². The zero-order chi connectivity index (χ0) is 13.4. The first-order valence-corrected chi connectivity index (χ1v) is 6.96. The van der Waals surface area contributed by atoms with Crippen molar-refractivity contribution in [2.24, 2.45) is 5.92 Å². The molecule has 1 aromatic carbocycles. The van der Waals surface area contributed by atoms with E-state index in [9.17, 15) is 0 Å². The molecular formula is C16H27NO. The standard InChI is InChI=1S/C16H27NO/c1-13(2)11-14(3)18-12-16-8-6-5-7-15(16)9-10-17-4/h5-8,13-14,17H,9-12H2,1-4H3. The van der Waals surface area contributed by atoms with Crippen molar-refractivity contribution in [3.8, 4) is 0 Å². The number of hydrogen-bond donors (Lipinski definition) is 1. The average Bonchev–Trinajstić information content (AvgIpc) is 2.34. The summed E-state index contributed by atoms with van der Waals surface area (Å²) in [5.74, 6) is 0.694. The highest BCUT2D eigenvalue weighted by Gasteiger charge is 2.07. The molecule has 0 fully saturated rings. The van der Waals surface area contributed by atoms with E-state index in [4.69, 9.17) is 4.74 Å². The summed E-state index contributed by atoms with van der Waals surface area (Å²) in [7, 11) is 1.99. The Morgan fingerprint density at radius 3 is 2.39 bits per heavy atom. The molecule has 0 radical (unpaired) electrons. The van der Waals surface area contributed by atoms with Gasteiger partial charge in [-0.1, -0.05) is 38.1 Å². The highest BCUT2D eigenvalue weighted by Crippen LogP contribution is 2.14. The van der Waals surface area contributed by atoms with Gasteiger partial charge in [-0.05, 0) is 50.4 Å². The molecule has 0 bridgehead atoms. The average molecular weight is 249 g/mol. The minimum absolute atomic E-state index is 0.336. The predicted molar refractivity (Wildman–Crippen MR) is 77.8 cm³/mol. The van der Waals surface area contributed by atoms with Crippen molar-refractivity contribution >= 4 is 0 Å². The quantitative estimate of drug-likeness (QED) is 0.762. The SMILES string of the molecule is CNCCc1ccccc1COC(C)CC(C)C. The number of hydrogen-bond acceptors (Lipinski definition) is 2. The highest BCUT2D eigenvalue weighted by atomic mass is 16.5. The Labute approximate surface area is 112 Å². The van der Waals surface area contributed by atoms with E-state index < -0.39 is 0 Å². The van der Waals surface area contributed by atoms with Gasteiger partial charge in [-0.3, -0.25) is 0 Å². The van der Waals surface area contributed by atoms with Crippen molar-refractivity contribution in [2.75, 3.05) is 13.6 Å². The first-order valence-electron chi connectivity index (χ1n) is 6.96. The van der Waals surface area contributed by atoms with Crippen LogP contribution in [0.2, 0.25) is 0 Å². The Balaban J connectivity index is 2.50. The third-order valence-electron chi connectivity index (χ3n) is 3.09. The molecule has 0 saturated heterocycles. The third kappa shape index (κ3) is 5.65. The van der Waals surface area contributed by atoms with Gasteiger partial charge in [0, 0.05) is 0 Å². The second kappa shape index (κ2) is 8.28. The molecular weight excluding hydrogens is 222 g/mol. The summed E-state index contributed by atoms with van der Waals surface area (Å²) in [6.45, 7) is 8.38. The van der Waals surface area contributed by atoms with Crippen LogP contribution < -0.4 is 5.32 Å². The molecule has 102 valence electrons. The van der Waals surface area contributed by atoms with Crippen molar-refractivity contribution in [2.45, 2.75) is 46.3 Å². The molecule has 0 aliphatic carbocycles. The van der Waals surface area contributed by atoms with Gasteiger partial charge in [0.05, 0.1) is 12.7 Å². The minimum atomic E-state index is 0.336. The van der Waals surface area contributed by atoms with E-state index in [1.54, 1.807) is 0 Å². The Morgan fingerprint density at radius 1 is 1.11 bits per heavy atom. The van der Waals surface area contributed by atoms with E-state index in [0.717, 1.165) is 26.0 Å². The normalized spacial score (nSPS) is 12.9. The van der Waals surface area contributed by atoms with Crippen LogP contribution >= 0.6 is 0 Å². The van der Waals surface area contributed by atoms with Crippen LogP contribution in [0.15, 0.2) is 24.3 Å². The molecule has 0 aliphatic rings. The van der Waals surface area contributed by atoms with Crippen LogP contribution in [-0.2, 0) is 17.8 Å². The fourth-order valence-electron chi connectivity index (χ4n) is 2.17. The topological polar surface area (TPSA) is 21.3 Å². The molecule has 1 atom stereocenters. The lowest BCUT2D eigenvalue weighted by Gasteiger charge is -2.16. The lowest BCUT2D eigenvalue weighted by Crippen LogP contribution is -2.14. The maximum absolute atomic E-state index is 5.94. The molecule has 0 amide bonds. The van der Waals surface area contributed by atoms with Crippen LogP contribution in [0, 0.1) is 5.92 Å². The molecule has 2 heteroatoms. The minimum Gasteiger partial charge on any atom is -0.374 e. The predicted octanol–water partition coefficient (Wildman–Crippen LogP) is 3.40. The van der Waals surface area contributed by atoms with Crippen LogP contribution in [0.3, 0.4) is 0 Å². The van der Waals surface area contributed by atoms with Gasteiger partial charge < -0.3 is 10.1 Å². The third-order valence-corrected chi connectivity index (χ3v) is 3.09. The number of benzene rings is 1. The maximum Gasteiger partial charge on any atom is 0.0723 e. The van der Waals surface area contributed by atoms with Gasteiger partial charge in [-0.2, -0.15) is 0 Å². The summed E-state index contributed by atoms with van der Waals surface area (Å²) in [6, 6.07) is 8.57. The molecule has 1 N–H and O–H groups in total. The molecule has 0 saturated carbocycles. The van der Waals surface area contributed by atoms with Crippen molar-refractivity contribution in [1.29, 1.82) is 0 Å². The molecule has 18 heavy (non-hydrogen) atoms. The fraction of sp³-hybridized carbons (Fsp3) is 0.625. The maximum atomic E-state index is 5.94. The van der Waals surface area contributed by atoms with Crippen LogP contribution in [0.1, 0.15) is 38.3 Å². The van der Waals surface area contributed by atoms with E-state index in [0.29, 0.717) is 12.0 Å². The lowest BCUT2D eigenvalue weighted by molar-refractivity contribution is 0.0393. The van der Waals surface area contributed by atoms with E-state index in [2.05, 4.69) is 50.4 Å². The number of nitrogens with one attached hydrogen (secondary N) is 1. The monoisotopic (exact) mass is 249 g/mol. The summed E-state index contributed by atoms with van der Waals surface area (Å²) in [4.78, 5) is 0. The summed E-state index contributed by atoms with van der Waals surface area (Å²) in [5.41, 5.74) is 2.71. The summed E-state index contributed by atoms with van der Waals surface area (Å²) < 4.78 is 5.94. The largest absolute Gasteiger partial charge is 0.374 e. The Hall–Kier alpha value is -0.860. The first-order chi connectivity index (χ1) is 8.63. The number of ether oxygens (including phenoxy) is 1. The van der Waals surface area contributed by atoms with E-state index in [-0.39, 0.29) is 0 Å². The van der Waals surface area contributed by atoms with Gasteiger partial charge in [-0.25, -0.2) is 0 Å². The van der Waals surface area contributed by atoms with E-state index >= 15 is 0 Å². The van der Waals surface area contributed by atoms with Gasteiger partial charge in [0.1, 0.15) is 0 Å². The molecule has 1 aromatic rings. The Morgan fingerprint density at radius 2 is 1.78 bits per heavy atom. The molecule has 1 unspecified atom stereocenters. The van der Waals surface area contributed by atoms with Crippen molar-refractivity contribution < 1.29 is 4.74 Å². The molecule has 1 rings (SSSR count). The van der Waals surface area contributed by atoms with Gasteiger partial charge in [0.25, 0.3) is 0 Å². The zero-order valence-corrected chi connectivity index (χ0v) is 12.2. The smallest absolute Gasteiger partial charge is 0.0723 e. The van der Waals surface area contributed by atoms with Gasteiger partial charge in [-0.15, -0.1) is 0 Å². The molecule has 2 nitrogen and oxygen atoms in total. The first kappa shape index (κ1) is 15.2. The molecule has 0 aliphatic heterocycles. The highest BCUT2D eigenvalue weighted by molar-refractivity contribution is 5.26. The van der Waals surface area contributed by atoms with Gasteiger partial charge >= 0.3 is 0 Å². The van der Waals surface area contributed by atoms with Crippen LogP contribution in [-0.4, -0.2) is 19.7 Å². The Kier molecular flexibility index (Phi) is 6.99. The molecule has 0 spiro atoms. The fourth-order valence-corrected chi connectivity index (χ4v) is 2.17. The summed E-state index contributed by atoms with van der Waals surface area (Å²) >= 11 is 0. The second-order valence-electron chi connectivity index (χ2n) is 5.37. The van der Waals surface area contributed by atoms with Crippen molar-refractivity contribution in [3.63, 3.8) is 0 Å². The molecule has 0 heterocycles. The molecule has 0 aromatic heterocycles. The second-order valence-corrected chi connectivity index (χ2v) is 5.37. The summed E-state index contributed by atoms with van der Waals surface area (Å²) in [6.07, 6.45) is 2.52. The zero-order valence-electron chi connectivity index (χ0n) is 12.2. The number of likely N-dealkylation sites (N-methyl/N-ethyl adjacent to an activating group) is 1.